The van der Waals surface area contributed by atoms with Crippen LogP contribution in [0.1, 0.15) is 37.3 Å². The van der Waals surface area contributed by atoms with Gasteiger partial charge in [-0.3, -0.25) is 0 Å². The Kier molecular flexibility index (Phi) is 5.68. The molecule has 0 spiro atoms. The van der Waals surface area contributed by atoms with E-state index in [2.05, 4.69) is 14.9 Å². The van der Waals surface area contributed by atoms with Gasteiger partial charge in [-0.1, -0.05) is 18.2 Å². The van der Waals surface area contributed by atoms with Gasteiger partial charge in [-0.05, 0) is 56.0 Å². The number of hydrogen-bond acceptors (Lipinski definition) is 5. The number of alkyl halides is 3. The number of para-hydroxylation sites is 1. The van der Waals surface area contributed by atoms with Crippen LogP contribution in [0.2, 0.25) is 0 Å². The van der Waals surface area contributed by atoms with Crippen LogP contribution in [-0.4, -0.2) is 29.2 Å². The van der Waals surface area contributed by atoms with E-state index in [-0.39, 0.29) is 17.4 Å². The maximum absolute atomic E-state index is 13.7. The van der Waals surface area contributed by atoms with Gasteiger partial charge in [0.2, 0.25) is 10.0 Å². The molecule has 0 amide bonds. The van der Waals surface area contributed by atoms with E-state index >= 15 is 0 Å². The predicted octanol–water partition coefficient (Wildman–Crippen LogP) is 5.17. The second kappa shape index (κ2) is 8.55. The summed E-state index contributed by atoms with van der Waals surface area (Å²) < 4.78 is 77.5. The van der Waals surface area contributed by atoms with Crippen LogP contribution in [0, 0.1) is 0 Å². The highest BCUT2D eigenvalue weighted by Crippen LogP contribution is 2.37. The van der Waals surface area contributed by atoms with Crippen LogP contribution < -0.4 is 4.72 Å². The van der Waals surface area contributed by atoms with Crippen molar-refractivity contribution < 1.29 is 26.0 Å². The minimum absolute atomic E-state index is 0.0177. The third kappa shape index (κ3) is 4.58. The zero-order valence-electron chi connectivity index (χ0n) is 17.9. The molecule has 1 aliphatic rings. The molecule has 4 aromatic rings. The molecule has 0 radical (unpaired) electrons. The van der Waals surface area contributed by atoms with E-state index in [0.29, 0.717) is 29.9 Å². The molecular weight excluding hydrogens is 469 g/mol. The minimum atomic E-state index is -4.73. The first-order chi connectivity index (χ1) is 16.2. The Morgan fingerprint density at radius 1 is 1.03 bits per heavy atom. The average Bonchev–Trinajstić information content (AvgIpc) is 3.48. The molecule has 5 rings (SSSR count). The number of furan rings is 1. The molecule has 0 saturated heterocycles. The van der Waals surface area contributed by atoms with Crippen LogP contribution in [0.15, 0.2) is 70.5 Å². The third-order valence-corrected chi connectivity index (χ3v) is 7.58. The second-order valence-electron chi connectivity index (χ2n) is 8.44. The van der Waals surface area contributed by atoms with E-state index in [1.54, 1.807) is 43.0 Å². The molecule has 178 valence electrons. The lowest BCUT2D eigenvalue weighted by molar-refractivity contribution is -0.137. The SMILES string of the molecule is O=S(=O)(NC1CCCC(n2cnnc2)C1)c1cc(-c2cc3ccccc3o2)cc(C(F)(F)F)c1. The Morgan fingerprint density at radius 2 is 1.79 bits per heavy atom. The number of fused-ring (bicyclic) bond motifs is 1. The van der Waals surface area contributed by atoms with Crippen molar-refractivity contribution in [2.24, 2.45) is 0 Å². The Bertz CT molecular complexity index is 1380. The molecule has 2 heterocycles. The molecule has 1 saturated carbocycles. The minimum Gasteiger partial charge on any atom is -0.456 e. The van der Waals surface area contributed by atoms with Gasteiger partial charge in [0.1, 0.15) is 24.0 Å². The van der Waals surface area contributed by atoms with Gasteiger partial charge in [0.15, 0.2) is 0 Å². The standard InChI is InChI=1S/C23H21F3N4O3S/c24-23(25,26)17-8-16(22-10-15-4-1-2-7-21(15)33-22)9-20(11-17)34(31,32)29-18-5-3-6-19(12-18)30-13-27-28-14-30/h1-2,4,7-11,13-14,18-19,29H,3,5-6,12H2. The van der Waals surface area contributed by atoms with Crippen LogP contribution in [0.4, 0.5) is 13.2 Å². The number of halogens is 3. The topological polar surface area (TPSA) is 90.0 Å². The maximum Gasteiger partial charge on any atom is 0.416 e. The fraction of sp³-hybridized carbons (Fsp3) is 0.304. The summed E-state index contributed by atoms with van der Waals surface area (Å²) in [5.74, 6) is 0.161. The first-order valence-electron chi connectivity index (χ1n) is 10.8. The number of benzene rings is 2. The molecule has 2 atom stereocenters. The van der Waals surface area contributed by atoms with Crippen LogP contribution in [0.5, 0.6) is 0 Å². The van der Waals surface area contributed by atoms with Gasteiger partial charge in [-0.2, -0.15) is 13.2 Å². The smallest absolute Gasteiger partial charge is 0.416 e. The Morgan fingerprint density at radius 3 is 2.53 bits per heavy atom. The molecule has 11 heteroatoms. The van der Waals surface area contributed by atoms with Crippen molar-refractivity contribution in [1.82, 2.24) is 19.5 Å². The number of nitrogens with one attached hydrogen (secondary N) is 1. The monoisotopic (exact) mass is 490 g/mol. The van der Waals surface area contributed by atoms with Gasteiger partial charge in [-0.15, -0.1) is 10.2 Å². The number of aromatic nitrogens is 3. The molecule has 1 aliphatic carbocycles. The molecule has 7 nitrogen and oxygen atoms in total. The van der Waals surface area contributed by atoms with Crippen molar-refractivity contribution in [2.75, 3.05) is 0 Å². The van der Waals surface area contributed by atoms with E-state index in [0.717, 1.165) is 18.9 Å². The van der Waals surface area contributed by atoms with E-state index in [1.807, 2.05) is 4.57 Å². The quantitative estimate of drug-likeness (QED) is 0.417. The van der Waals surface area contributed by atoms with Crippen molar-refractivity contribution in [3.63, 3.8) is 0 Å². The summed E-state index contributed by atoms with van der Waals surface area (Å²) in [6.07, 6.45) is 1.12. The summed E-state index contributed by atoms with van der Waals surface area (Å²) in [7, 11) is -4.23. The highest BCUT2D eigenvalue weighted by atomic mass is 32.2. The zero-order chi connectivity index (χ0) is 23.9. The lowest BCUT2D eigenvalue weighted by Gasteiger charge is -2.30. The summed E-state index contributed by atoms with van der Waals surface area (Å²) in [5.41, 5.74) is -0.520. The van der Waals surface area contributed by atoms with Gasteiger partial charge in [0.25, 0.3) is 0 Å². The van der Waals surface area contributed by atoms with E-state index < -0.39 is 32.7 Å². The number of sulfonamides is 1. The van der Waals surface area contributed by atoms with Crippen LogP contribution in [-0.2, 0) is 16.2 Å². The predicted molar refractivity (Wildman–Crippen MR) is 118 cm³/mol. The summed E-state index contributed by atoms with van der Waals surface area (Å²) >= 11 is 0. The first-order valence-corrected chi connectivity index (χ1v) is 12.2. The summed E-state index contributed by atoms with van der Waals surface area (Å²) in [6.45, 7) is 0. The third-order valence-electron chi connectivity index (χ3n) is 6.08. The van der Waals surface area contributed by atoms with Gasteiger partial charge < -0.3 is 8.98 Å². The van der Waals surface area contributed by atoms with Gasteiger partial charge in [0.05, 0.1) is 10.5 Å². The molecule has 1 N–H and O–H groups in total. The molecular formula is C23H21F3N4O3S. The largest absolute Gasteiger partial charge is 0.456 e. The molecule has 2 aromatic carbocycles. The molecule has 2 unspecified atom stereocenters. The summed E-state index contributed by atoms with van der Waals surface area (Å²) in [5, 5.41) is 8.29. The fourth-order valence-corrected chi connectivity index (χ4v) is 5.76. The molecule has 34 heavy (non-hydrogen) atoms. The Labute approximate surface area is 193 Å². The molecule has 1 fully saturated rings. The van der Waals surface area contributed by atoms with Gasteiger partial charge in [-0.25, -0.2) is 13.1 Å². The lowest BCUT2D eigenvalue weighted by Crippen LogP contribution is -2.38. The van der Waals surface area contributed by atoms with E-state index in [9.17, 15) is 21.6 Å². The summed E-state index contributed by atoms with van der Waals surface area (Å²) in [4.78, 5) is -0.454. The fourth-order valence-electron chi connectivity index (χ4n) is 4.41. The molecule has 2 aromatic heterocycles. The van der Waals surface area contributed by atoms with E-state index in [4.69, 9.17) is 4.42 Å². The Hall–Kier alpha value is -3.18. The van der Waals surface area contributed by atoms with Gasteiger partial charge >= 0.3 is 6.18 Å². The van der Waals surface area contributed by atoms with Crippen molar-refractivity contribution in [3.05, 3.63) is 66.7 Å². The Balaban J connectivity index is 1.48. The number of rotatable bonds is 5. The van der Waals surface area contributed by atoms with Crippen molar-refractivity contribution in [2.45, 2.75) is 48.8 Å². The van der Waals surface area contributed by atoms with Crippen molar-refractivity contribution >= 4 is 21.0 Å². The average molecular weight is 491 g/mol. The molecule has 0 bridgehead atoms. The van der Waals surface area contributed by atoms with Crippen LogP contribution in [0.3, 0.4) is 0 Å². The van der Waals surface area contributed by atoms with E-state index in [1.165, 1.54) is 6.07 Å². The van der Waals surface area contributed by atoms with Crippen molar-refractivity contribution in [3.8, 4) is 11.3 Å². The highest BCUT2D eigenvalue weighted by molar-refractivity contribution is 7.89. The van der Waals surface area contributed by atoms with Gasteiger partial charge in [0, 0.05) is 23.0 Å². The normalized spacial score (nSPS) is 19.5. The molecule has 0 aliphatic heterocycles. The first kappa shape index (κ1) is 22.6. The summed E-state index contributed by atoms with van der Waals surface area (Å²) in [6, 6.07) is 11.0. The number of nitrogens with zero attached hydrogens (tertiary/aromatic N) is 3. The number of hydrogen-bond donors (Lipinski definition) is 1. The lowest BCUT2D eigenvalue weighted by atomic mass is 9.91. The maximum atomic E-state index is 13.7. The van der Waals surface area contributed by atoms with Crippen LogP contribution in [0.25, 0.3) is 22.3 Å². The zero-order valence-corrected chi connectivity index (χ0v) is 18.7. The highest BCUT2D eigenvalue weighted by Gasteiger charge is 2.34. The second-order valence-corrected chi connectivity index (χ2v) is 10.2. The van der Waals surface area contributed by atoms with Crippen molar-refractivity contribution in [1.29, 1.82) is 0 Å². The van der Waals surface area contributed by atoms with Crippen LogP contribution >= 0.6 is 0 Å².